The Kier molecular flexibility index (Phi) is 6.88. The Balaban J connectivity index is 1.99. The van der Waals surface area contributed by atoms with Crippen LogP contribution in [0, 0.1) is 19.7 Å². The number of nitrogens with one attached hydrogen (secondary N) is 1. The van der Waals surface area contributed by atoms with Gasteiger partial charge in [-0.25, -0.2) is 9.18 Å². The molecule has 0 saturated heterocycles. The molecule has 1 N–H and O–H groups in total. The first-order chi connectivity index (χ1) is 15.2. The highest BCUT2D eigenvalue weighted by molar-refractivity contribution is 6.07. The number of aromatic nitrogens is 1. The second kappa shape index (κ2) is 9.60. The molecule has 0 spiro atoms. The van der Waals surface area contributed by atoms with E-state index in [1.54, 1.807) is 63.2 Å². The molecule has 0 aliphatic carbocycles. The number of ketones is 1. The van der Waals surface area contributed by atoms with Crippen molar-refractivity contribution in [3.8, 4) is 0 Å². The van der Waals surface area contributed by atoms with Crippen molar-refractivity contribution in [1.82, 2.24) is 9.88 Å². The first-order valence-electron chi connectivity index (χ1n) is 10.2. The topological polar surface area (TPSA) is 79.5 Å². The molecule has 0 radical (unpaired) electrons. The van der Waals surface area contributed by atoms with Crippen LogP contribution in [0.2, 0.25) is 0 Å². The average Bonchev–Trinajstić information content (AvgIpc) is 3.11. The second-order valence-electron chi connectivity index (χ2n) is 7.58. The Morgan fingerprint density at radius 1 is 1.03 bits per heavy atom. The molecule has 0 aliphatic heterocycles. The van der Waals surface area contributed by atoms with Gasteiger partial charge >= 0.3 is 5.97 Å². The number of esters is 1. The van der Waals surface area contributed by atoms with Crippen LogP contribution in [-0.2, 0) is 11.3 Å². The number of methoxy groups -OCH3 is 1. The fourth-order valence-electron chi connectivity index (χ4n) is 3.69. The fraction of sp³-hybridized carbons (Fsp3) is 0.240. The molecule has 1 amide bonds. The van der Waals surface area contributed by atoms with Crippen LogP contribution >= 0.6 is 0 Å². The minimum atomic E-state index is -0.841. The first kappa shape index (κ1) is 22.9. The maximum Gasteiger partial charge on any atom is 0.354 e. The number of aromatic amines is 1. The molecule has 0 unspecified atom stereocenters. The lowest BCUT2D eigenvalue weighted by Gasteiger charge is -2.29. The summed E-state index contributed by atoms with van der Waals surface area (Å²) in [4.78, 5) is 43.2. The summed E-state index contributed by atoms with van der Waals surface area (Å²) in [7, 11) is 1.27. The quantitative estimate of drug-likeness (QED) is 0.438. The van der Waals surface area contributed by atoms with Gasteiger partial charge in [0, 0.05) is 23.4 Å². The number of rotatable bonds is 7. The molecule has 3 rings (SSSR count). The summed E-state index contributed by atoms with van der Waals surface area (Å²) in [6, 6.07) is 13.6. The first-order valence-corrected chi connectivity index (χ1v) is 10.2. The zero-order valence-corrected chi connectivity index (χ0v) is 18.4. The summed E-state index contributed by atoms with van der Waals surface area (Å²) < 4.78 is 18.1. The van der Waals surface area contributed by atoms with E-state index in [1.165, 1.54) is 24.1 Å². The maximum atomic E-state index is 13.5. The molecule has 0 aliphatic rings. The van der Waals surface area contributed by atoms with Gasteiger partial charge in [-0.05, 0) is 56.2 Å². The monoisotopic (exact) mass is 436 g/mol. The van der Waals surface area contributed by atoms with Crippen molar-refractivity contribution < 1.29 is 23.5 Å². The van der Waals surface area contributed by atoms with Crippen LogP contribution in [0.3, 0.4) is 0 Å². The highest BCUT2D eigenvalue weighted by Crippen LogP contribution is 2.24. The Labute approximate surface area is 186 Å². The third-order valence-corrected chi connectivity index (χ3v) is 5.47. The second-order valence-corrected chi connectivity index (χ2v) is 7.58. The smallest absolute Gasteiger partial charge is 0.354 e. The number of aryl methyl sites for hydroxylation is 1. The Bertz CT molecular complexity index is 1140. The number of hydrogen-bond acceptors (Lipinski definition) is 4. The van der Waals surface area contributed by atoms with E-state index in [9.17, 15) is 18.8 Å². The van der Waals surface area contributed by atoms with Crippen molar-refractivity contribution in [2.75, 3.05) is 7.11 Å². The molecule has 0 bridgehead atoms. The van der Waals surface area contributed by atoms with Crippen LogP contribution in [0.15, 0.2) is 54.6 Å². The average molecular weight is 436 g/mol. The predicted molar refractivity (Wildman–Crippen MR) is 118 cm³/mol. The van der Waals surface area contributed by atoms with Crippen LogP contribution in [0.25, 0.3) is 0 Å². The van der Waals surface area contributed by atoms with Crippen molar-refractivity contribution >= 4 is 17.7 Å². The maximum absolute atomic E-state index is 13.5. The molecule has 32 heavy (non-hydrogen) atoms. The molecular formula is C25H25FN2O4. The number of amides is 1. The van der Waals surface area contributed by atoms with Gasteiger partial charge in [0.05, 0.1) is 13.2 Å². The van der Waals surface area contributed by atoms with E-state index in [1.807, 2.05) is 0 Å². The van der Waals surface area contributed by atoms with E-state index in [-0.39, 0.29) is 29.7 Å². The number of nitrogens with zero attached hydrogens (tertiary/aromatic N) is 1. The predicted octanol–water partition coefficient (Wildman–Crippen LogP) is 4.47. The van der Waals surface area contributed by atoms with Crippen LogP contribution in [-0.4, -0.2) is 40.7 Å². The molecule has 6 nitrogen and oxygen atoms in total. The molecule has 7 heteroatoms. The van der Waals surface area contributed by atoms with Gasteiger partial charge < -0.3 is 14.6 Å². The summed E-state index contributed by atoms with van der Waals surface area (Å²) >= 11 is 0. The van der Waals surface area contributed by atoms with Gasteiger partial charge in [0.25, 0.3) is 5.91 Å². The van der Waals surface area contributed by atoms with Crippen molar-refractivity contribution in [1.29, 1.82) is 0 Å². The zero-order chi connectivity index (χ0) is 23.4. The van der Waals surface area contributed by atoms with Crippen LogP contribution in [0.4, 0.5) is 4.39 Å². The van der Waals surface area contributed by atoms with Crippen molar-refractivity contribution in [2.24, 2.45) is 0 Å². The Morgan fingerprint density at radius 3 is 2.25 bits per heavy atom. The van der Waals surface area contributed by atoms with Gasteiger partial charge in [-0.1, -0.05) is 30.3 Å². The van der Waals surface area contributed by atoms with E-state index in [2.05, 4.69) is 4.98 Å². The number of ether oxygens (including phenoxy) is 1. The highest BCUT2D eigenvalue weighted by Gasteiger charge is 2.31. The van der Waals surface area contributed by atoms with Crippen molar-refractivity contribution in [2.45, 2.75) is 33.4 Å². The van der Waals surface area contributed by atoms with Gasteiger partial charge in [-0.2, -0.15) is 0 Å². The molecule has 0 saturated carbocycles. The largest absolute Gasteiger partial charge is 0.464 e. The summed E-state index contributed by atoms with van der Waals surface area (Å²) in [6.45, 7) is 5.13. The van der Waals surface area contributed by atoms with Gasteiger partial charge in [0.2, 0.25) is 0 Å². The molecule has 166 valence electrons. The number of H-pyrrole nitrogens is 1. The normalized spacial score (nSPS) is 11.7. The molecule has 1 heterocycles. The molecule has 1 aromatic heterocycles. The summed E-state index contributed by atoms with van der Waals surface area (Å²) in [6.07, 6.45) is 0. The van der Waals surface area contributed by atoms with Crippen LogP contribution in [0.1, 0.15) is 54.9 Å². The lowest BCUT2D eigenvalue weighted by molar-refractivity contribution is 0.0592. The van der Waals surface area contributed by atoms with Gasteiger partial charge in [0.1, 0.15) is 11.5 Å². The summed E-state index contributed by atoms with van der Waals surface area (Å²) in [5, 5.41) is 0. The van der Waals surface area contributed by atoms with E-state index >= 15 is 0 Å². The molecule has 3 aromatic rings. The SMILES string of the molecule is COC(=O)c1[nH]c(C)c(C(=O)[C@H](C)N(Cc2ccc(F)cc2)C(=O)c2ccccc2)c1C. The lowest BCUT2D eigenvalue weighted by atomic mass is 9.98. The van der Waals surface area contributed by atoms with Crippen molar-refractivity contribution in [3.63, 3.8) is 0 Å². The van der Waals surface area contributed by atoms with Gasteiger partial charge in [-0.15, -0.1) is 0 Å². The number of carbonyl (C=O) groups excluding carboxylic acids is 3. The third-order valence-electron chi connectivity index (χ3n) is 5.47. The van der Waals surface area contributed by atoms with Gasteiger partial charge in [-0.3, -0.25) is 9.59 Å². The lowest BCUT2D eigenvalue weighted by Crippen LogP contribution is -2.43. The summed E-state index contributed by atoms with van der Waals surface area (Å²) in [5.41, 5.74) is 2.68. The van der Waals surface area contributed by atoms with E-state index in [0.717, 1.165) is 0 Å². The Hall–Kier alpha value is -3.74. The third kappa shape index (κ3) is 4.61. The van der Waals surface area contributed by atoms with E-state index in [0.29, 0.717) is 27.9 Å². The Morgan fingerprint density at radius 2 is 1.66 bits per heavy atom. The molecule has 0 fully saturated rings. The van der Waals surface area contributed by atoms with Crippen molar-refractivity contribution in [3.05, 3.63) is 94.1 Å². The number of carbonyl (C=O) groups is 3. The fourth-order valence-corrected chi connectivity index (χ4v) is 3.69. The van der Waals surface area contributed by atoms with E-state index < -0.39 is 12.0 Å². The van der Waals surface area contributed by atoms with Gasteiger partial charge in [0.15, 0.2) is 5.78 Å². The van der Waals surface area contributed by atoms with Crippen LogP contribution in [0.5, 0.6) is 0 Å². The molecule has 2 aromatic carbocycles. The minimum Gasteiger partial charge on any atom is -0.464 e. The number of hydrogen-bond donors (Lipinski definition) is 1. The summed E-state index contributed by atoms with van der Waals surface area (Å²) in [5.74, 6) is -1.58. The molecule has 1 atom stereocenters. The minimum absolute atomic E-state index is 0.118. The number of Topliss-reactive ketones (excluding diaryl/α,β-unsaturated/α-hetero) is 1. The van der Waals surface area contributed by atoms with Crippen LogP contribution < -0.4 is 0 Å². The number of halogens is 1. The van der Waals surface area contributed by atoms with E-state index in [4.69, 9.17) is 4.74 Å². The standard InChI is InChI=1S/C25H25FN2O4/c1-15-21(16(2)27-22(15)25(31)32-4)23(29)17(3)28(14-18-10-12-20(26)13-11-18)24(30)19-8-6-5-7-9-19/h5-13,17,27H,14H2,1-4H3/t17-/m0/s1. The zero-order valence-electron chi connectivity index (χ0n) is 18.4. The number of benzene rings is 2. The highest BCUT2D eigenvalue weighted by atomic mass is 19.1. The molecular weight excluding hydrogens is 411 g/mol.